The number of nitrogens with one attached hydrogen (secondary N) is 1. The molecule has 242 valence electrons. The average Bonchev–Trinajstić information content (AvgIpc) is 3.02. The summed E-state index contributed by atoms with van der Waals surface area (Å²) in [6.07, 6.45) is 0.263. The maximum atomic E-state index is 14.6. The number of hydrogen-bond acceptors (Lipinski definition) is 4. The highest BCUT2D eigenvalue weighted by Crippen LogP contribution is 2.29. The van der Waals surface area contributed by atoms with Gasteiger partial charge in [0.2, 0.25) is 11.8 Å². The highest BCUT2D eigenvalue weighted by atomic mass is 79.9. The van der Waals surface area contributed by atoms with E-state index in [1.807, 2.05) is 95.3 Å². The Morgan fingerprint density at radius 2 is 1.48 bits per heavy atom. The van der Waals surface area contributed by atoms with Crippen LogP contribution in [0.2, 0.25) is 0 Å². The minimum Gasteiger partial charge on any atom is -0.354 e. The molecule has 1 atom stereocenters. The van der Waals surface area contributed by atoms with Crippen LogP contribution in [0, 0.1) is 26.7 Å². The number of aryl methyl sites for hydroxylation is 2. The predicted octanol–water partition coefficient (Wildman–Crippen LogP) is 6.98. The third kappa shape index (κ3) is 8.85. The van der Waals surface area contributed by atoms with Gasteiger partial charge in [-0.05, 0) is 79.3 Å². The summed E-state index contributed by atoms with van der Waals surface area (Å²) in [4.78, 5) is 30.2. The fourth-order valence-electron chi connectivity index (χ4n) is 5.17. The molecule has 46 heavy (non-hydrogen) atoms. The molecule has 2 amide bonds. The predicted molar refractivity (Wildman–Crippen MR) is 188 cm³/mol. The minimum absolute atomic E-state index is 0.0841. The third-order valence-corrected chi connectivity index (χ3v) is 10.2. The molecule has 9 heteroatoms. The van der Waals surface area contributed by atoms with Gasteiger partial charge in [-0.1, -0.05) is 102 Å². The molecule has 4 rings (SSSR count). The van der Waals surface area contributed by atoms with E-state index < -0.39 is 28.5 Å². The van der Waals surface area contributed by atoms with E-state index in [4.69, 9.17) is 0 Å². The summed E-state index contributed by atoms with van der Waals surface area (Å²) in [6.45, 7) is 9.73. The molecule has 0 aromatic heterocycles. The number of anilines is 1. The lowest BCUT2D eigenvalue weighted by atomic mass is 10.0. The number of carbonyl (C=O) groups is 2. The molecule has 0 saturated carbocycles. The quantitative estimate of drug-likeness (QED) is 0.163. The second-order valence-corrected chi connectivity index (χ2v) is 14.8. The Balaban J connectivity index is 1.83. The minimum atomic E-state index is -4.17. The molecule has 7 nitrogen and oxygen atoms in total. The Labute approximate surface area is 281 Å². The van der Waals surface area contributed by atoms with E-state index in [0.717, 1.165) is 32.3 Å². The van der Waals surface area contributed by atoms with E-state index in [0.29, 0.717) is 12.2 Å². The zero-order chi connectivity index (χ0) is 33.4. The van der Waals surface area contributed by atoms with Crippen molar-refractivity contribution in [3.8, 4) is 0 Å². The summed E-state index contributed by atoms with van der Waals surface area (Å²) in [5.41, 5.74) is 4.68. The molecule has 0 heterocycles. The number of hydrogen-bond donors (Lipinski definition) is 1. The highest BCUT2D eigenvalue weighted by Gasteiger charge is 2.35. The lowest BCUT2D eigenvalue weighted by Crippen LogP contribution is -2.53. The van der Waals surface area contributed by atoms with Crippen LogP contribution in [0.25, 0.3) is 0 Å². The normalized spacial score (nSPS) is 12.1. The van der Waals surface area contributed by atoms with E-state index in [1.54, 1.807) is 36.4 Å². The Kier molecular flexibility index (Phi) is 11.8. The molecular formula is C37H42BrN3O4S. The fourth-order valence-corrected chi connectivity index (χ4v) is 7.08. The van der Waals surface area contributed by atoms with Crippen molar-refractivity contribution < 1.29 is 18.0 Å². The van der Waals surface area contributed by atoms with Gasteiger partial charge in [0.1, 0.15) is 12.6 Å². The van der Waals surface area contributed by atoms with Gasteiger partial charge in [-0.15, -0.1) is 0 Å². The number of sulfonamides is 1. The van der Waals surface area contributed by atoms with Crippen molar-refractivity contribution in [1.29, 1.82) is 0 Å². The maximum absolute atomic E-state index is 14.6. The van der Waals surface area contributed by atoms with Crippen molar-refractivity contribution in [1.82, 2.24) is 10.2 Å². The Morgan fingerprint density at radius 1 is 0.826 bits per heavy atom. The average molecular weight is 705 g/mol. The molecule has 0 aliphatic rings. The molecule has 0 radical (unpaired) electrons. The van der Waals surface area contributed by atoms with Crippen LogP contribution in [0.4, 0.5) is 5.69 Å². The topological polar surface area (TPSA) is 86.8 Å². The Hall–Kier alpha value is -3.95. The number of amides is 2. The number of nitrogens with zero attached hydrogens (tertiary/aromatic N) is 2. The second kappa shape index (κ2) is 15.6. The van der Waals surface area contributed by atoms with Gasteiger partial charge in [0.15, 0.2) is 0 Å². The highest BCUT2D eigenvalue weighted by molar-refractivity contribution is 9.10. The number of halogens is 1. The first kappa shape index (κ1) is 34.9. The van der Waals surface area contributed by atoms with E-state index in [2.05, 4.69) is 21.2 Å². The van der Waals surface area contributed by atoms with Gasteiger partial charge >= 0.3 is 0 Å². The lowest BCUT2D eigenvalue weighted by Gasteiger charge is -2.34. The van der Waals surface area contributed by atoms with Crippen LogP contribution in [-0.2, 0) is 32.6 Å². The molecule has 0 spiro atoms. The van der Waals surface area contributed by atoms with Crippen LogP contribution in [0.1, 0.15) is 41.7 Å². The Morgan fingerprint density at radius 3 is 2.13 bits per heavy atom. The molecule has 1 N–H and O–H groups in total. The molecule has 0 saturated heterocycles. The van der Waals surface area contributed by atoms with Gasteiger partial charge in [-0.25, -0.2) is 8.42 Å². The maximum Gasteiger partial charge on any atom is 0.264 e. The standard InChI is InChI=1S/C37H42BrN3O4S/c1-26(2)23-39-37(43)35(22-30-12-7-6-8-13-30)40(24-31-14-10-15-32(38)21-31)36(42)25-41(34-16-9-11-28(4)29(34)5)46(44,45)33-19-17-27(3)18-20-33/h6-21,26,35H,22-25H2,1-5H3,(H,39,43). The summed E-state index contributed by atoms with van der Waals surface area (Å²) < 4.78 is 30.6. The van der Waals surface area contributed by atoms with Crippen LogP contribution in [0.5, 0.6) is 0 Å². The fraction of sp³-hybridized carbons (Fsp3) is 0.297. The van der Waals surface area contributed by atoms with Crippen molar-refractivity contribution in [2.24, 2.45) is 5.92 Å². The monoisotopic (exact) mass is 703 g/mol. The largest absolute Gasteiger partial charge is 0.354 e. The van der Waals surface area contributed by atoms with Gasteiger partial charge in [0.25, 0.3) is 10.0 Å². The third-order valence-electron chi connectivity index (χ3n) is 7.93. The van der Waals surface area contributed by atoms with E-state index in [9.17, 15) is 18.0 Å². The van der Waals surface area contributed by atoms with Gasteiger partial charge < -0.3 is 10.2 Å². The van der Waals surface area contributed by atoms with Crippen LogP contribution in [0.15, 0.2) is 106 Å². The number of rotatable bonds is 13. The van der Waals surface area contributed by atoms with Gasteiger partial charge in [-0.2, -0.15) is 0 Å². The van der Waals surface area contributed by atoms with Gasteiger partial charge in [0, 0.05) is 24.0 Å². The molecule has 0 fully saturated rings. The molecule has 0 bridgehead atoms. The van der Waals surface area contributed by atoms with Gasteiger partial charge in [-0.3, -0.25) is 13.9 Å². The Bertz CT molecular complexity index is 1760. The SMILES string of the molecule is Cc1ccc(S(=O)(=O)N(CC(=O)N(Cc2cccc(Br)c2)C(Cc2ccccc2)C(=O)NCC(C)C)c2cccc(C)c2C)cc1. The second-order valence-electron chi connectivity index (χ2n) is 12.0. The van der Waals surface area contributed by atoms with Crippen LogP contribution in [-0.4, -0.2) is 44.3 Å². The van der Waals surface area contributed by atoms with Crippen molar-refractivity contribution in [2.75, 3.05) is 17.4 Å². The summed E-state index contributed by atoms with van der Waals surface area (Å²) in [5.74, 6) is -0.576. The number of benzene rings is 4. The molecule has 0 aliphatic carbocycles. The molecule has 1 unspecified atom stereocenters. The van der Waals surface area contributed by atoms with Crippen molar-refractivity contribution in [2.45, 2.75) is 58.5 Å². The first-order valence-corrected chi connectivity index (χ1v) is 17.6. The van der Waals surface area contributed by atoms with Crippen molar-refractivity contribution >= 4 is 43.5 Å². The molecule has 0 aliphatic heterocycles. The smallest absolute Gasteiger partial charge is 0.264 e. The first-order valence-electron chi connectivity index (χ1n) is 15.4. The van der Waals surface area contributed by atoms with Gasteiger partial charge in [0.05, 0.1) is 10.6 Å². The number of carbonyl (C=O) groups excluding carboxylic acids is 2. The zero-order valence-corrected chi connectivity index (χ0v) is 29.4. The van der Waals surface area contributed by atoms with Crippen molar-refractivity contribution in [3.05, 3.63) is 129 Å². The lowest BCUT2D eigenvalue weighted by molar-refractivity contribution is -0.140. The molecular weight excluding hydrogens is 662 g/mol. The molecule has 4 aromatic rings. The first-order chi connectivity index (χ1) is 21.9. The summed E-state index contributed by atoms with van der Waals surface area (Å²) in [7, 11) is -4.17. The van der Waals surface area contributed by atoms with Crippen LogP contribution >= 0.6 is 15.9 Å². The summed E-state index contributed by atoms with van der Waals surface area (Å²) in [5, 5.41) is 3.02. The van der Waals surface area contributed by atoms with E-state index in [1.165, 1.54) is 9.21 Å². The van der Waals surface area contributed by atoms with E-state index >= 15 is 0 Å². The van der Waals surface area contributed by atoms with Crippen LogP contribution in [0.3, 0.4) is 0 Å². The zero-order valence-electron chi connectivity index (χ0n) is 27.0. The van der Waals surface area contributed by atoms with Crippen LogP contribution < -0.4 is 9.62 Å². The summed E-state index contributed by atoms with van der Waals surface area (Å²) >= 11 is 3.52. The van der Waals surface area contributed by atoms with E-state index in [-0.39, 0.29) is 29.7 Å². The summed E-state index contributed by atoms with van der Waals surface area (Å²) in [6, 6.07) is 28.2. The molecule has 4 aromatic carbocycles. The van der Waals surface area contributed by atoms with Crippen molar-refractivity contribution in [3.63, 3.8) is 0 Å².